The highest BCUT2D eigenvalue weighted by molar-refractivity contribution is 5.80. The second-order valence-corrected chi connectivity index (χ2v) is 5.08. The third-order valence-corrected chi connectivity index (χ3v) is 3.47. The van der Waals surface area contributed by atoms with E-state index in [1.165, 1.54) is 18.1 Å². The second-order valence-electron chi connectivity index (χ2n) is 5.08. The third kappa shape index (κ3) is 4.04. The van der Waals surface area contributed by atoms with Gasteiger partial charge >= 0.3 is 5.97 Å². The van der Waals surface area contributed by atoms with Gasteiger partial charge in [0.25, 0.3) is 0 Å². The Morgan fingerprint density at radius 3 is 3.10 bits per heavy atom. The lowest BCUT2D eigenvalue weighted by atomic mass is 10.2. The summed E-state index contributed by atoms with van der Waals surface area (Å²) in [6.07, 6.45) is 6.26. The summed E-state index contributed by atoms with van der Waals surface area (Å²) in [4.78, 5) is 15.7. The first-order valence-corrected chi connectivity index (χ1v) is 7.46. The van der Waals surface area contributed by atoms with Crippen molar-refractivity contribution in [2.45, 2.75) is 39.3 Å². The molecule has 0 amide bonds. The molecule has 0 bridgehead atoms. The van der Waals surface area contributed by atoms with E-state index < -0.39 is 0 Å². The van der Waals surface area contributed by atoms with Gasteiger partial charge in [0.1, 0.15) is 5.65 Å². The monoisotopic (exact) mass is 289 g/mol. The molecule has 0 aliphatic heterocycles. The van der Waals surface area contributed by atoms with Crippen molar-refractivity contribution >= 4 is 17.0 Å². The Balaban J connectivity index is 2.09. The fourth-order valence-corrected chi connectivity index (χ4v) is 2.40. The maximum Gasteiger partial charge on any atom is 0.305 e. The molecular weight excluding hydrogens is 266 g/mol. The van der Waals surface area contributed by atoms with Gasteiger partial charge in [0.2, 0.25) is 0 Å². The summed E-state index contributed by atoms with van der Waals surface area (Å²) >= 11 is 0. The Bertz CT molecular complexity index is 592. The number of fused-ring (bicyclic) bond motifs is 1. The maximum atomic E-state index is 11.2. The predicted octanol–water partition coefficient (Wildman–Crippen LogP) is 2.49. The summed E-state index contributed by atoms with van der Waals surface area (Å²) in [6.45, 7) is 4.79. The van der Waals surface area contributed by atoms with Gasteiger partial charge in [0, 0.05) is 37.3 Å². The second kappa shape index (κ2) is 7.78. The van der Waals surface area contributed by atoms with E-state index in [1.54, 1.807) is 0 Å². The lowest BCUT2D eigenvalue weighted by molar-refractivity contribution is -0.140. The lowest BCUT2D eigenvalue weighted by Crippen LogP contribution is -2.13. The number of aryl methyl sites for hydroxylation is 1. The van der Waals surface area contributed by atoms with Crippen molar-refractivity contribution in [3.8, 4) is 0 Å². The van der Waals surface area contributed by atoms with Gasteiger partial charge in [-0.1, -0.05) is 6.92 Å². The number of aromatic nitrogens is 2. The Morgan fingerprint density at radius 1 is 1.48 bits per heavy atom. The number of rotatable bonds is 8. The molecule has 0 aliphatic rings. The summed E-state index contributed by atoms with van der Waals surface area (Å²) in [5.41, 5.74) is 2.24. The number of carbonyl (C=O) groups excluding carboxylic acids is 1. The molecule has 0 unspecified atom stereocenters. The third-order valence-electron chi connectivity index (χ3n) is 3.47. The molecule has 5 nitrogen and oxygen atoms in total. The van der Waals surface area contributed by atoms with Gasteiger partial charge in [-0.05, 0) is 37.1 Å². The normalized spacial score (nSPS) is 11.0. The van der Waals surface area contributed by atoms with E-state index in [9.17, 15) is 4.79 Å². The van der Waals surface area contributed by atoms with Crippen molar-refractivity contribution in [1.82, 2.24) is 14.9 Å². The maximum absolute atomic E-state index is 11.2. The fourth-order valence-electron chi connectivity index (χ4n) is 2.40. The van der Waals surface area contributed by atoms with E-state index in [1.807, 2.05) is 12.3 Å². The van der Waals surface area contributed by atoms with Crippen molar-refractivity contribution in [1.29, 1.82) is 0 Å². The van der Waals surface area contributed by atoms with Crippen LogP contribution in [0, 0.1) is 0 Å². The molecule has 5 heteroatoms. The number of hydrogen-bond acceptors (Lipinski definition) is 4. The van der Waals surface area contributed by atoms with Crippen molar-refractivity contribution in [2.24, 2.45) is 0 Å². The van der Waals surface area contributed by atoms with Crippen molar-refractivity contribution in [2.75, 3.05) is 13.7 Å². The van der Waals surface area contributed by atoms with Crippen LogP contribution in [0.2, 0.25) is 0 Å². The number of methoxy groups -OCH3 is 1. The van der Waals surface area contributed by atoms with Crippen LogP contribution in [0.25, 0.3) is 11.0 Å². The van der Waals surface area contributed by atoms with Crippen LogP contribution in [-0.4, -0.2) is 29.2 Å². The Hall–Kier alpha value is -1.88. The number of hydrogen-bond donors (Lipinski definition) is 1. The topological polar surface area (TPSA) is 56.2 Å². The van der Waals surface area contributed by atoms with Crippen molar-refractivity contribution < 1.29 is 9.53 Å². The van der Waals surface area contributed by atoms with E-state index >= 15 is 0 Å². The molecule has 2 aromatic heterocycles. The Labute approximate surface area is 125 Å². The zero-order valence-corrected chi connectivity index (χ0v) is 12.8. The van der Waals surface area contributed by atoms with Crippen LogP contribution in [0.1, 0.15) is 31.7 Å². The zero-order valence-electron chi connectivity index (χ0n) is 12.8. The fraction of sp³-hybridized carbons (Fsp3) is 0.500. The molecular formula is C16H23N3O2. The van der Waals surface area contributed by atoms with Gasteiger partial charge in [-0.3, -0.25) is 4.79 Å². The van der Waals surface area contributed by atoms with Crippen LogP contribution < -0.4 is 5.32 Å². The van der Waals surface area contributed by atoms with E-state index in [4.69, 9.17) is 0 Å². The molecule has 21 heavy (non-hydrogen) atoms. The summed E-state index contributed by atoms with van der Waals surface area (Å²) < 4.78 is 6.80. The van der Waals surface area contributed by atoms with Gasteiger partial charge < -0.3 is 14.6 Å². The summed E-state index contributed by atoms with van der Waals surface area (Å²) in [7, 11) is 1.42. The average Bonchev–Trinajstić information content (AvgIpc) is 2.86. The van der Waals surface area contributed by atoms with Crippen LogP contribution in [0.5, 0.6) is 0 Å². The first-order chi connectivity index (χ1) is 10.3. The molecule has 0 aromatic carbocycles. The van der Waals surface area contributed by atoms with Crippen molar-refractivity contribution in [3.63, 3.8) is 0 Å². The minimum Gasteiger partial charge on any atom is -0.469 e. The summed E-state index contributed by atoms with van der Waals surface area (Å²) in [5, 5.41) is 4.60. The molecule has 0 aliphatic carbocycles. The molecule has 114 valence electrons. The number of nitrogens with one attached hydrogen (secondary N) is 1. The molecule has 2 heterocycles. The largest absolute Gasteiger partial charge is 0.469 e. The first kappa shape index (κ1) is 15.5. The van der Waals surface area contributed by atoms with Crippen LogP contribution >= 0.6 is 0 Å². The van der Waals surface area contributed by atoms with E-state index in [0.29, 0.717) is 6.42 Å². The number of pyridine rings is 1. The molecule has 1 N–H and O–H groups in total. The van der Waals surface area contributed by atoms with Gasteiger partial charge in [-0.15, -0.1) is 0 Å². The van der Waals surface area contributed by atoms with Crippen molar-refractivity contribution in [3.05, 3.63) is 30.1 Å². The minimum atomic E-state index is -0.163. The highest BCUT2D eigenvalue weighted by Gasteiger charge is 2.09. The SMILES string of the molecule is CCCNCc1cn(CCCC(=O)OC)c2ncccc12. The van der Waals surface area contributed by atoms with E-state index in [0.717, 1.165) is 38.1 Å². The number of carbonyl (C=O) groups is 1. The molecule has 0 atom stereocenters. The van der Waals surface area contributed by atoms with Gasteiger partial charge in [0.15, 0.2) is 0 Å². The van der Waals surface area contributed by atoms with E-state index in [-0.39, 0.29) is 5.97 Å². The summed E-state index contributed by atoms with van der Waals surface area (Å²) in [6, 6.07) is 4.06. The number of nitrogens with zero attached hydrogens (tertiary/aromatic N) is 2. The molecule has 0 radical (unpaired) electrons. The lowest BCUT2D eigenvalue weighted by Gasteiger charge is -2.03. The highest BCUT2D eigenvalue weighted by Crippen LogP contribution is 2.19. The van der Waals surface area contributed by atoms with Gasteiger partial charge in [0.05, 0.1) is 7.11 Å². The Morgan fingerprint density at radius 2 is 2.33 bits per heavy atom. The molecule has 0 saturated carbocycles. The molecule has 2 rings (SSSR count). The van der Waals surface area contributed by atoms with Crippen LogP contribution in [0.4, 0.5) is 0 Å². The van der Waals surface area contributed by atoms with Crippen LogP contribution in [0.3, 0.4) is 0 Å². The standard InChI is InChI=1S/C16H23N3O2/c1-3-8-17-11-13-12-19(10-5-7-15(20)21-2)16-14(13)6-4-9-18-16/h4,6,9,12,17H,3,5,7-8,10-11H2,1-2H3. The number of esters is 1. The average molecular weight is 289 g/mol. The predicted molar refractivity (Wildman–Crippen MR) is 83.0 cm³/mol. The molecule has 0 fully saturated rings. The van der Waals surface area contributed by atoms with Gasteiger partial charge in [-0.2, -0.15) is 0 Å². The molecule has 0 saturated heterocycles. The van der Waals surface area contributed by atoms with Crippen LogP contribution in [-0.2, 0) is 22.6 Å². The van der Waals surface area contributed by atoms with E-state index in [2.05, 4.69) is 38.8 Å². The smallest absolute Gasteiger partial charge is 0.305 e. The quantitative estimate of drug-likeness (QED) is 0.599. The molecule has 2 aromatic rings. The van der Waals surface area contributed by atoms with Gasteiger partial charge in [-0.25, -0.2) is 4.98 Å². The first-order valence-electron chi connectivity index (χ1n) is 7.46. The Kier molecular flexibility index (Phi) is 5.75. The van der Waals surface area contributed by atoms with Crippen LogP contribution in [0.15, 0.2) is 24.5 Å². The minimum absolute atomic E-state index is 0.163. The number of ether oxygens (including phenoxy) is 1. The molecule has 0 spiro atoms. The summed E-state index contributed by atoms with van der Waals surface area (Å²) in [5.74, 6) is -0.163. The zero-order chi connectivity index (χ0) is 15.1. The highest BCUT2D eigenvalue weighted by atomic mass is 16.5.